The summed E-state index contributed by atoms with van der Waals surface area (Å²) in [7, 11) is -2.73. The summed E-state index contributed by atoms with van der Waals surface area (Å²) in [5.41, 5.74) is 3.28. The molecule has 0 aliphatic rings. The van der Waals surface area contributed by atoms with Gasteiger partial charge in [0.05, 0.1) is 28.8 Å². The Morgan fingerprint density at radius 3 is 2.32 bits per heavy atom. The van der Waals surface area contributed by atoms with Gasteiger partial charge in [-0.05, 0) is 44.2 Å². The molecule has 11 nitrogen and oxygen atoms in total. The van der Waals surface area contributed by atoms with Crippen LogP contribution in [0.5, 0.6) is 5.75 Å². The number of methoxy groups -OCH3 is 1. The lowest BCUT2D eigenvalue weighted by atomic mass is 10.1. The van der Waals surface area contributed by atoms with Gasteiger partial charge in [-0.2, -0.15) is 5.10 Å². The van der Waals surface area contributed by atoms with Crippen molar-refractivity contribution in [2.45, 2.75) is 18.7 Å². The van der Waals surface area contributed by atoms with Crippen molar-refractivity contribution in [3.05, 3.63) is 88.5 Å². The number of hydrogen-bond acceptors (Lipinski definition) is 8. The summed E-state index contributed by atoms with van der Waals surface area (Å²) in [5, 5.41) is 15.5. The van der Waals surface area contributed by atoms with E-state index in [4.69, 9.17) is 4.74 Å². The van der Waals surface area contributed by atoms with E-state index >= 15 is 0 Å². The number of hydrazone groups is 1. The Kier molecular flexibility index (Phi) is 9.39. The predicted octanol–water partition coefficient (Wildman–Crippen LogP) is 3.80. The molecular weight excluding hydrogens is 510 g/mol. The second kappa shape index (κ2) is 12.7. The van der Waals surface area contributed by atoms with Crippen LogP contribution in [-0.2, 0) is 14.8 Å². The highest BCUT2D eigenvalue weighted by molar-refractivity contribution is 7.92. The highest BCUT2D eigenvalue weighted by Gasteiger charge is 2.29. The Labute approximate surface area is 221 Å². The summed E-state index contributed by atoms with van der Waals surface area (Å²) in [6.45, 7) is 4.44. The standard InChI is InChI=1S/C26H29N5O6S/c1-4-29(5-2)22-16-15-20(17-24(22)31(33)34)18-27-28-26(32)19-30(23-13-9-10-14-25(23)37-3)38(35,36)21-11-7-6-8-12-21/h6-18H,4-5,19H2,1-3H3,(H,28,32)/b27-18+. The number of nitro groups is 1. The molecule has 0 unspecified atom stereocenters. The summed E-state index contributed by atoms with van der Waals surface area (Å²) in [6, 6.07) is 18.8. The summed E-state index contributed by atoms with van der Waals surface area (Å²) in [6.07, 6.45) is 1.26. The third kappa shape index (κ3) is 6.45. The maximum Gasteiger partial charge on any atom is 0.293 e. The van der Waals surface area contributed by atoms with E-state index in [9.17, 15) is 23.3 Å². The van der Waals surface area contributed by atoms with Gasteiger partial charge >= 0.3 is 0 Å². The first-order chi connectivity index (χ1) is 18.2. The molecular formula is C26H29N5O6S. The molecule has 0 heterocycles. The monoisotopic (exact) mass is 539 g/mol. The number of carbonyl (C=O) groups is 1. The van der Waals surface area contributed by atoms with E-state index in [-0.39, 0.29) is 22.0 Å². The lowest BCUT2D eigenvalue weighted by Gasteiger charge is -2.25. The molecule has 0 saturated heterocycles. The molecule has 0 aliphatic heterocycles. The quantitative estimate of drug-likeness (QED) is 0.210. The van der Waals surface area contributed by atoms with Gasteiger partial charge < -0.3 is 9.64 Å². The van der Waals surface area contributed by atoms with Crippen LogP contribution < -0.4 is 19.4 Å². The number of ether oxygens (including phenoxy) is 1. The molecule has 0 atom stereocenters. The first-order valence-electron chi connectivity index (χ1n) is 11.8. The first kappa shape index (κ1) is 28.1. The maximum atomic E-state index is 13.5. The number of hydrogen-bond donors (Lipinski definition) is 1. The number of para-hydroxylation sites is 2. The molecule has 1 amide bonds. The number of rotatable bonds is 12. The van der Waals surface area contributed by atoms with Crippen molar-refractivity contribution in [2.24, 2.45) is 5.10 Å². The summed E-state index contributed by atoms with van der Waals surface area (Å²) < 4.78 is 33.2. The minimum atomic E-state index is -4.13. The van der Waals surface area contributed by atoms with Crippen molar-refractivity contribution in [1.29, 1.82) is 0 Å². The third-order valence-corrected chi connectivity index (χ3v) is 7.45. The van der Waals surface area contributed by atoms with Crippen LogP contribution in [0.1, 0.15) is 19.4 Å². The Bertz CT molecular complexity index is 1410. The lowest BCUT2D eigenvalue weighted by Crippen LogP contribution is -2.39. The van der Waals surface area contributed by atoms with Crippen LogP contribution in [0, 0.1) is 10.1 Å². The van der Waals surface area contributed by atoms with E-state index in [1.54, 1.807) is 48.5 Å². The topological polar surface area (TPSA) is 134 Å². The Balaban J connectivity index is 1.85. The van der Waals surface area contributed by atoms with Crippen molar-refractivity contribution >= 4 is 39.2 Å². The minimum absolute atomic E-state index is 0.00260. The highest BCUT2D eigenvalue weighted by atomic mass is 32.2. The molecule has 0 fully saturated rings. The Morgan fingerprint density at radius 1 is 1.03 bits per heavy atom. The number of nitrogens with zero attached hydrogens (tertiary/aromatic N) is 4. The van der Waals surface area contributed by atoms with E-state index in [1.165, 1.54) is 37.6 Å². The van der Waals surface area contributed by atoms with Crippen molar-refractivity contribution < 1.29 is 22.9 Å². The van der Waals surface area contributed by atoms with E-state index in [0.29, 0.717) is 24.3 Å². The van der Waals surface area contributed by atoms with Crippen molar-refractivity contribution in [1.82, 2.24) is 5.43 Å². The van der Waals surface area contributed by atoms with Gasteiger partial charge in [-0.3, -0.25) is 19.2 Å². The maximum absolute atomic E-state index is 13.5. The first-order valence-corrected chi connectivity index (χ1v) is 13.2. The van der Waals surface area contributed by atoms with Gasteiger partial charge in [-0.1, -0.05) is 36.4 Å². The molecule has 0 radical (unpaired) electrons. The molecule has 1 N–H and O–H groups in total. The fourth-order valence-electron chi connectivity index (χ4n) is 3.80. The predicted molar refractivity (Wildman–Crippen MR) is 146 cm³/mol. The second-order valence-corrected chi connectivity index (χ2v) is 9.83. The van der Waals surface area contributed by atoms with Crippen molar-refractivity contribution in [3.63, 3.8) is 0 Å². The summed E-state index contributed by atoms with van der Waals surface area (Å²) >= 11 is 0. The van der Waals surface area contributed by atoms with Crippen molar-refractivity contribution in [3.8, 4) is 5.75 Å². The van der Waals surface area contributed by atoms with Gasteiger partial charge in [0, 0.05) is 24.7 Å². The molecule has 3 rings (SSSR count). The van der Waals surface area contributed by atoms with Gasteiger partial charge in [0.1, 0.15) is 18.0 Å². The number of anilines is 2. The number of benzene rings is 3. The summed E-state index contributed by atoms with van der Waals surface area (Å²) in [4.78, 5) is 25.8. The van der Waals surface area contributed by atoms with Gasteiger partial charge in [0.25, 0.3) is 21.6 Å². The van der Waals surface area contributed by atoms with Gasteiger partial charge in [0.2, 0.25) is 0 Å². The van der Waals surface area contributed by atoms with Gasteiger partial charge in [-0.25, -0.2) is 13.8 Å². The molecule has 200 valence electrons. The summed E-state index contributed by atoms with van der Waals surface area (Å²) in [5.74, 6) is -0.454. The number of nitro benzene ring substituents is 1. The van der Waals surface area contributed by atoms with Crippen molar-refractivity contribution in [2.75, 3.05) is 35.9 Å². The molecule has 12 heteroatoms. The van der Waals surface area contributed by atoms with Gasteiger partial charge in [0.15, 0.2) is 0 Å². The Morgan fingerprint density at radius 2 is 1.68 bits per heavy atom. The average Bonchev–Trinajstić information content (AvgIpc) is 2.93. The van der Waals surface area contributed by atoms with Gasteiger partial charge in [-0.15, -0.1) is 0 Å². The van der Waals surface area contributed by atoms with Crippen LogP contribution in [0.4, 0.5) is 17.1 Å². The average molecular weight is 540 g/mol. The highest BCUT2D eigenvalue weighted by Crippen LogP contribution is 2.32. The van der Waals surface area contributed by atoms with Crippen LogP contribution in [0.2, 0.25) is 0 Å². The zero-order valence-corrected chi connectivity index (χ0v) is 22.1. The zero-order chi connectivity index (χ0) is 27.7. The van der Waals surface area contributed by atoms with Crippen LogP contribution in [0.25, 0.3) is 0 Å². The number of nitrogens with one attached hydrogen (secondary N) is 1. The van der Waals surface area contributed by atoms with E-state index in [2.05, 4.69) is 10.5 Å². The van der Waals surface area contributed by atoms with Crippen LogP contribution >= 0.6 is 0 Å². The lowest BCUT2D eigenvalue weighted by molar-refractivity contribution is -0.384. The zero-order valence-electron chi connectivity index (χ0n) is 21.3. The van der Waals surface area contributed by atoms with Crippen LogP contribution in [-0.4, -0.2) is 52.2 Å². The molecule has 3 aromatic carbocycles. The molecule has 0 aromatic heterocycles. The van der Waals surface area contributed by atoms with Crippen LogP contribution in [0.15, 0.2) is 82.8 Å². The normalized spacial score (nSPS) is 11.2. The van der Waals surface area contributed by atoms with E-state index in [0.717, 1.165) is 4.31 Å². The fourth-order valence-corrected chi connectivity index (χ4v) is 5.25. The molecule has 0 spiro atoms. The SMILES string of the molecule is CCN(CC)c1ccc(/C=N/NC(=O)CN(c2ccccc2OC)S(=O)(=O)c2ccccc2)cc1[N+](=O)[O-]. The third-order valence-electron chi connectivity index (χ3n) is 5.68. The minimum Gasteiger partial charge on any atom is -0.495 e. The van der Waals surface area contributed by atoms with Crippen LogP contribution in [0.3, 0.4) is 0 Å². The molecule has 38 heavy (non-hydrogen) atoms. The molecule has 0 bridgehead atoms. The smallest absolute Gasteiger partial charge is 0.293 e. The largest absolute Gasteiger partial charge is 0.495 e. The number of sulfonamides is 1. The molecule has 0 saturated carbocycles. The molecule has 3 aromatic rings. The number of amides is 1. The Hall–Kier alpha value is -4.45. The molecule has 0 aliphatic carbocycles. The van der Waals surface area contributed by atoms with E-state index in [1.807, 2.05) is 18.7 Å². The number of carbonyl (C=O) groups excluding carboxylic acids is 1. The van der Waals surface area contributed by atoms with E-state index < -0.39 is 27.4 Å². The fraction of sp³-hybridized carbons (Fsp3) is 0.231. The second-order valence-electron chi connectivity index (χ2n) is 7.97.